The van der Waals surface area contributed by atoms with Crippen molar-refractivity contribution in [2.75, 3.05) is 13.2 Å². The Bertz CT molecular complexity index is 1200. The van der Waals surface area contributed by atoms with Gasteiger partial charge in [0.1, 0.15) is 0 Å². The number of terminal acetylenes is 1. The first-order valence-electron chi connectivity index (χ1n) is 11.3. The first-order valence-corrected chi connectivity index (χ1v) is 11.3. The minimum atomic E-state index is -0.902. The third kappa shape index (κ3) is 3.60. The van der Waals surface area contributed by atoms with Gasteiger partial charge >= 0.3 is 5.97 Å². The second-order valence-electron chi connectivity index (χ2n) is 9.13. The number of hydrogen-bond donors (Lipinski definition) is 2. The molecular formula is C27H28N2O3. The van der Waals surface area contributed by atoms with Gasteiger partial charge in [-0.05, 0) is 73.6 Å². The molecule has 0 bridgehead atoms. The molecule has 3 aromatic rings. The predicted molar refractivity (Wildman–Crippen MR) is 125 cm³/mol. The number of nitrogens with one attached hydrogen (secondary N) is 1. The quantitative estimate of drug-likeness (QED) is 0.571. The third-order valence-corrected chi connectivity index (χ3v) is 7.26. The zero-order valence-electron chi connectivity index (χ0n) is 18.4. The second-order valence-corrected chi connectivity index (χ2v) is 9.13. The van der Waals surface area contributed by atoms with Gasteiger partial charge in [0.05, 0.1) is 11.2 Å². The van der Waals surface area contributed by atoms with Gasteiger partial charge in [-0.25, -0.2) is 4.79 Å². The number of carbonyl (C=O) groups is 1. The number of rotatable bonds is 4. The van der Waals surface area contributed by atoms with Crippen molar-refractivity contribution in [2.45, 2.75) is 50.8 Å². The Morgan fingerprint density at radius 2 is 2.12 bits per heavy atom. The van der Waals surface area contributed by atoms with Gasteiger partial charge in [-0.15, -0.1) is 6.42 Å². The number of carboxylic acids is 1. The molecule has 164 valence electrons. The van der Waals surface area contributed by atoms with E-state index in [2.05, 4.69) is 34.9 Å². The maximum atomic E-state index is 11.3. The van der Waals surface area contributed by atoms with Gasteiger partial charge in [-0.2, -0.15) is 0 Å². The minimum Gasteiger partial charge on any atom is -0.478 e. The predicted octanol–water partition coefficient (Wildman–Crippen LogP) is 5.04. The summed E-state index contributed by atoms with van der Waals surface area (Å²) >= 11 is 0. The van der Waals surface area contributed by atoms with Crippen molar-refractivity contribution in [1.82, 2.24) is 9.88 Å². The number of aromatic nitrogens is 1. The third-order valence-electron chi connectivity index (χ3n) is 7.26. The zero-order chi connectivity index (χ0) is 22.3. The summed E-state index contributed by atoms with van der Waals surface area (Å²) in [5, 5.41) is 10.5. The molecule has 2 aliphatic rings. The summed E-state index contributed by atoms with van der Waals surface area (Å²) in [5.41, 5.74) is 5.76. The fourth-order valence-corrected chi connectivity index (χ4v) is 5.54. The molecule has 1 aromatic heterocycles. The summed E-state index contributed by atoms with van der Waals surface area (Å²) in [6, 6.07) is 11.7. The lowest BCUT2D eigenvalue weighted by Crippen LogP contribution is -2.45. The summed E-state index contributed by atoms with van der Waals surface area (Å²) in [6.07, 6.45) is 12.0. The molecule has 2 saturated heterocycles. The highest BCUT2D eigenvalue weighted by atomic mass is 16.5. The summed E-state index contributed by atoms with van der Waals surface area (Å²) in [4.78, 5) is 17.2. The van der Waals surface area contributed by atoms with E-state index in [1.165, 1.54) is 10.9 Å². The van der Waals surface area contributed by atoms with Crippen molar-refractivity contribution in [2.24, 2.45) is 0 Å². The Kier molecular flexibility index (Phi) is 5.28. The molecule has 0 saturated carbocycles. The van der Waals surface area contributed by atoms with E-state index in [9.17, 15) is 9.90 Å². The highest BCUT2D eigenvalue weighted by Crippen LogP contribution is 2.45. The maximum absolute atomic E-state index is 11.3. The lowest BCUT2D eigenvalue weighted by molar-refractivity contribution is -0.0675. The number of likely N-dealkylation sites (tertiary alicyclic amines) is 1. The first kappa shape index (κ1) is 20.8. The minimum absolute atomic E-state index is 0.0712. The Hall–Kier alpha value is -3.07. The number of aromatic amines is 1. The number of piperidine rings is 1. The van der Waals surface area contributed by atoms with Crippen LogP contribution in [0.5, 0.6) is 0 Å². The molecule has 5 nitrogen and oxygen atoms in total. The molecule has 1 spiro atoms. The smallest absolute Gasteiger partial charge is 0.335 e. The highest BCUT2D eigenvalue weighted by Gasteiger charge is 2.43. The van der Waals surface area contributed by atoms with E-state index >= 15 is 0 Å². The molecular weight excluding hydrogens is 400 g/mol. The number of H-pyrrole nitrogens is 1. The van der Waals surface area contributed by atoms with E-state index in [0.717, 1.165) is 67.6 Å². The Labute approximate surface area is 188 Å². The van der Waals surface area contributed by atoms with Gasteiger partial charge in [-0.3, -0.25) is 4.90 Å². The summed E-state index contributed by atoms with van der Waals surface area (Å²) in [7, 11) is 0. The summed E-state index contributed by atoms with van der Waals surface area (Å²) in [6.45, 7) is 4.57. The van der Waals surface area contributed by atoms with E-state index in [0.29, 0.717) is 5.56 Å². The van der Waals surface area contributed by atoms with Crippen molar-refractivity contribution < 1.29 is 14.6 Å². The van der Waals surface area contributed by atoms with E-state index in [-0.39, 0.29) is 11.6 Å². The normalized spacial score (nSPS) is 23.6. The van der Waals surface area contributed by atoms with Crippen molar-refractivity contribution in [3.05, 3.63) is 70.4 Å². The average molecular weight is 429 g/mol. The fraction of sp³-hybridized carbons (Fsp3) is 0.370. The number of hydrogen-bond acceptors (Lipinski definition) is 3. The van der Waals surface area contributed by atoms with Crippen LogP contribution in [0.3, 0.4) is 0 Å². The molecule has 3 heterocycles. The Morgan fingerprint density at radius 1 is 1.31 bits per heavy atom. The molecule has 2 fully saturated rings. The van der Waals surface area contributed by atoms with Gasteiger partial charge in [-0.1, -0.05) is 18.1 Å². The number of aryl methyl sites for hydroxylation is 1. The van der Waals surface area contributed by atoms with Crippen LogP contribution >= 0.6 is 0 Å². The Balaban J connectivity index is 1.53. The van der Waals surface area contributed by atoms with E-state index in [1.54, 1.807) is 12.1 Å². The molecule has 2 aromatic carbocycles. The topological polar surface area (TPSA) is 65.6 Å². The molecule has 2 N–H and O–H groups in total. The molecule has 5 rings (SSSR count). The van der Waals surface area contributed by atoms with Gasteiger partial charge in [0.15, 0.2) is 0 Å². The van der Waals surface area contributed by atoms with Crippen molar-refractivity contribution >= 4 is 16.9 Å². The van der Waals surface area contributed by atoms with Gasteiger partial charge < -0.3 is 14.8 Å². The Morgan fingerprint density at radius 3 is 2.81 bits per heavy atom. The van der Waals surface area contributed by atoms with Crippen LogP contribution in [-0.4, -0.2) is 39.7 Å². The summed E-state index contributed by atoms with van der Waals surface area (Å²) < 4.78 is 6.25. The van der Waals surface area contributed by atoms with Crippen molar-refractivity contribution in [3.8, 4) is 12.3 Å². The molecule has 0 amide bonds. The highest BCUT2D eigenvalue weighted by molar-refractivity contribution is 5.88. The van der Waals surface area contributed by atoms with E-state index in [1.807, 2.05) is 18.3 Å². The maximum Gasteiger partial charge on any atom is 0.335 e. The van der Waals surface area contributed by atoms with Crippen LogP contribution in [0.15, 0.2) is 42.6 Å². The fourth-order valence-electron chi connectivity index (χ4n) is 5.54. The zero-order valence-corrected chi connectivity index (χ0v) is 18.4. The number of benzene rings is 2. The van der Waals surface area contributed by atoms with Crippen LogP contribution in [0.1, 0.15) is 64.3 Å². The van der Waals surface area contributed by atoms with E-state index < -0.39 is 5.97 Å². The SMILES string of the molecule is C#Cc1cc(C)c2[nH]ccc2c1CN1CC[C@@]2(CCCO2)C[C@H]1c1ccc(C(=O)O)cc1. The van der Waals surface area contributed by atoms with E-state index in [4.69, 9.17) is 11.2 Å². The lowest BCUT2D eigenvalue weighted by atomic mass is 9.81. The van der Waals surface area contributed by atoms with Crippen LogP contribution in [0.25, 0.3) is 10.9 Å². The molecule has 5 heteroatoms. The molecule has 0 radical (unpaired) electrons. The average Bonchev–Trinajstić information content (AvgIpc) is 3.47. The number of aromatic carboxylic acids is 1. The standard InChI is InChI=1S/C27H28N2O3/c1-3-19-15-18(2)25-22(9-12-28-25)23(19)17-29-13-11-27(10-4-14-32-27)16-24(29)20-5-7-21(8-6-20)26(30)31/h1,5-9,12,15,24,28H,4,10-11,13-14,16-17H2,2H3,(H,30,31)/t24-,27-/m0/s1. The number of fused-ring (bicyclic) bond motifs is 1. The monoisotopic (exact) mass is 428 g/mol. The van der Waals surface area contributed by atoms with Crippen LogP contribution in [0.2, 0.25) is 0 Å². The number of carboxylic acid groups (broad SMARTS) is 1. The first-order chi connectivity index (χ1) is 15.5. The molecule has 2 aliphatic heterocycles. The van der Waals surface area contributed by atoms with Gasteiger partial charge in [0.2, 0.25) is 0 Å². The van der Waals surface area contributed by atoms with Gasteiger partial charge in [0, 0.05) is 48.4 Å². The van der Waals surface area contributed by atoms with Gasteiger partial charge in [0.25, 0.3) is 0 Å². The van der Waals surface area contributed by atoms with Crippen LogP contribution in [-0.2, 0) is 11.3 Å². The van der Waals surface area contributed by atoms with Crippen LogP contribution in [0, 0.1) is 19.3 Å². The molecule has 2 atom stereocenters. The second kappa shape index (κ2) is 8.12. The molecule has 0 unspecified atom stereocenters. The molecule has 0 aliphatic carbocycles. The van der Waals surface area contributed by atoms with Crippen molar-refractivity contribution in [1.29, 1.82) is 0 Å². The van der Waals surface area contributed by atoms with Crippen molar-refractivity contribution in [3.63, 3.8) is 0 Å². The number of nitrogens with zero attached hydrogens (tertiary/aromatic N) is 1. The van der Waals surface area contributed by atoms with Crippen LogP contribution in [0.4, 0.5) is 0 Å². The largest absolute Gasteiger partial charge is 0.478 e. The number of ether oxygens (including phenoxy) is 1. The molecule has 32 heavy (non-hydrogen) atoms. The van der Waals surface area contributed by atoms with Crippen LogP contribution < -0.4 is 0 Å². The lowest BCUT2D eigenvalue weighted by Gasteiger charge is -2.45. The summed E-state index contributed by atoms with van der Waals surface area (Å²) in [5.74, 6) is 2.00.